The number of nitrogens with one attached hydrogen (secondary N) is 2. The Balaban J connectivity index is 1.67. The second-order valence-electron chi connectivity index (χ2n) is 8.36. The van der Waals surface area contributed by atoms with E-state index in [1.807, 2.05) is 26.0 Å². The summed E-state index contributed by atoms with van der Waals surface area (Å²) in [6.45, 7) is 6.62. The Morgan fingerprint density at radius 2 is 1.54 bits per heavy atom. The van der Waals surface area contributed by atoms with Crippen molar-refractivity contribution in [3.63, 3.8) is 0 Å². The quantitative estimate of drug-likeness (QED) is 0.435. The molecule has 0 saturated carbocycles. The number of carboxylic acid groups (broad SMARTS) is 1. The van der Waals surface area contributed by atoms with Gasteiger partial charge in [-0.2, -0.15) is 0 Å². The summed E-state index contributed by atoms with van der Waals surface area (Å²) < 4.78 is 56.5. The first-order chi connectivity index (χ1) is 16.6. The molecule has 1 aliphatic rings. The molecule has 1 saturated heterocycles. The molecule has 1 amide bonds. The first kappa shape index (κ1) is 26.8. The molecule has 2 aromatic carbocycles. The molecule has 0 bridgehead atoms. The lowest BCUT2D eigenvalue weighted by atomic mass is 9.97. The molecule has 0 aliphatic carbocycles. The van der Waals surface area contributed by atoms with Crippen molar-refractivity contribution in [3.05, 3.63) is 48.5 Å². The zero-order valence-corrected chi connectivity index (χ0v) is 21.5. The van der Waals surface area contributed by atoms with E-state index in [-0.39, 0.29) is 22.3 Å². The zero-order valence-electron chi connectivity index (χ0n) is 19.8. The number of amides is 1. The maximum Gasteiger partial charge on any atom is 0.407 e. The predicted molar refractivity (Wildman–Crippen MR) is 135 cm³/mol. The number of benzene rings is 2. The Labute approximate surface area is 207 Å². The number of anilines is 2. The van der Waals surface area contributed by atoms with Gasteiger partial charge in [0, 0.05) is 44.1 Å². The Bertz CT molecular complexity index is 1220. The lowest BCUT2D eigenvalue weighted by Crippen LogP contribution is -2.40. The molecule has 35 heavy (non-hydrogen) atoms. The third kappa shape index (κ3) is 6.86. The lowest BCUT2D eigenvalue weighted by molar-refractivity contribution is 0.125. The van der Waals surface area contributed by atoms with E-state index in [1.54, 1.807) is 12.1 Å². The summed E-state index contributed by atoms with van der Waals surface area (Å²) in [6.07, 6.45) is 0.135. The largest absolute Gasteiger partial charge is 0.465 e. The van der Waals surface area contributed by atoms with E-state index in [0.717, 1.165) is 24.8 Å². The van der Waals surface area contributed by atoms with Gasteiger partial charge in [-0.15, -0.1) is 0 Å². The molecule has 3 rings (SSSR count). The van der Waals surface area contributed by atoms with Crippen LogP contribution in [0, 0.1) is 5.92 Å². The molecule has 1 aliphatic heterocycles. The SMILES string of the molecule is CCN(CC)c1ccc(NS(=O)(=O)c2cccc(S(=O)(=O)NCC3CCN(C(=O)O)CC3)c2)cc1. The normalized spacial score (nSPS) is 15.1. The number of carbonyl (C=O) groups is 1. The minimum Gasteiger partial charge on any atom is -0.465 e. The van der Waals surface area contributed by atoms with Gasteiger partial charge in [0.05, 0.1) is 9.79 Å². The van der Waals surface area contributed by atoms with Crippen molar-refractivity contribution in [1.82, 2.24) is 9.62 Å². The van der Waals surface area contributed by atoms with Crippen LogP contribution in [0.5, 0.6) is 0 Å². The van der Waals surface area contributed by atoms with Gasteiger partial charge >= 0.3 is 6.09 Å². The van der Waals surface area contributed by atoms with Crippen LogP contribution in [-0.4, -0.2) is 65.7 Å². The monoisotopic (exact) mass is 524 g/mol. The van der Waals surface area contributed by atoms with Gasteiger partial charge in [-0.1, -0.05) is 6.07 Å². The molecule has 3 N–H and O–H groups in total. The third-order valence-electron chi connectivity index (χ3n) is 6.12. The minimum absolute atomic E-state index is 0.00766. The van der Waals surface area contributed by atoms with Gasteiger partial charge in [0.15, 0.2) is 0 Å². The summed E-state index contributed by atoms with van der Waals surface area (Å²) >= 11 is 0. The molecular weight excluding hydrogens is 492 g/mol. The Hall–Kier alpha value is -2.83. The first-order valence-electron chi connectivity index (χ1n) is 11.5. The standard InChI is InChI=1S/C23H32N4O6S2/c1-3-26(4-2)20-10-8-19(9-11-20)25-35(32,33)22-7-5-6-21(16-22)34(30,31)24-17-18-12-14-27(15-13-18)23(28)29/h5-11,16,18,24-25H,3-4,12-15,17H2,1-2H3,(H,28,29). The van der Waals surface area contributed by atoms with E-state index in [0.29, 0.717) is 31.6 Å². The van der Waals surface area contributed by atoms with E-state index in [2.05, 4.69) is 14.3 Å². The summed E-state index contributed by atoms with van der Waals surface area (Å²) in [4.78, 5) is 14.1. The second kappa shape index (κ2) is 11.3. The van der Waals surface area contributed by atoms with Crippen molar-refractivity contribution in [2.24, 2.45) is 5.92 Å². The van der Waals surface area contributed by atoms with Crippen LogP contribution >= 0.6 is 0 Å². The average molecular weight is 525 g/mol. The minimum atomic E-state index is -4.01. The van der Waals surface area contributed by atoms with Crippen LogP contribution < -0.4 is 14.3 Å². The van der Waals surface area contributed by atoms with Crippen LogP contribution in [0.4, 0.5) is 16.2 Å². The summed E-state index contributed by atoms with van der Waals surface area (Å²) in [6, 6.07) is 12.2. The number of piperidine rings is 1. The van der Waals surface area contributed by atoms with E-state index in [9.17, 15) is 21.6 Å². The fourth-order valence-electron chi connectivity index (χ4n) is 3.99. The van der Waals surface area contributed by atoms with Crippen LogP contribution in [0.1, 0.15) is 26.7 Å². The summed E-state index contributed by atoms with van der Waals surface area (Å²) in [5.41, 5.74) is 1.35. The van der Waals surface area contributed by atoms with Crippen LogP contribution in [0.2, 0.25) is 0 Å². The Kier molecular flexibility index (Phi) is 8.62. The van der Waals surface area contributed by atoms with Crippen molar-refractivity contribution in [2.45, 2.75) is 36.5 Å². The molecule has 0 radical (unpaired) electrons. The summed E-state index contributed by atoms with van der Waals surface area (Å²) in [5.74, 6) is 0.00766. The van der Waals surface area contributed by atoms with Gasteiger partial charge in [-0.3, -0.25) is 4.72 Å². The van der Waals surface area contributed by atoms with Crippen molar-refractivity contribution < 1.29 is 26.7 Å². The lowest BCUT2D eigenvalue weighted by Gasteiger charge is -2.29. The molecule has 0 spiro atoms. The molecule has 12 heteroatoms. The van der Waals surface area contributed by atoms with Crippen LogP contribution in [-0.2, 0) is 20.0 Å². The molecule has 1 fully saturated rings. The molecule has 10 nitrogen and oxygen atoms in total. The number of sulfonamides is 2. The van der Waals surface area contributed by atoms with Gasteiger partial charge in [0.25, 0.3) is 10.0 Å². The van der Waals surface area contributed by atoms with Gasteiger partial charge < -0.3 is 14.9 Å². The van der Waals surface area contributed by atoms with Gasteiger partial charge in [0.1, 0.15) is 0 Å². The van der Waals surface area contributed by atoms with Gasteiger partial charge in [0.2, 0.25) is 10.0 Å². The molecule has 192 valence electrons. The highest BCUT2D eigenvalue weighted by Crippen LogP contribution is 2.23. The fourth-order valence-corrected chi connectivity index (χ4v) is 6.33. The van der Waals surface area contributed by atoms with E-state index in [4.69, 9.17) is 5.11 Å². The highest BCUT2D eigenvalue weighted by atomic mass is 32.2. The van der Waals surface area contributed by atoms with Crippen molar-refractivity contribution in [1.29, 1.82) is 0 Å². The van der Waals surface area contributed by atoms with Crippen molar-refractivity contribution in [2.75, 3.05) is 42.3 Å². The zero-order chi connectivity index (χ0) is 25.6. The topological polar surface area (TPSA) is 136 Å². The van der Waals surface area contributed by atoms with E-state index < -0.39 is 26.1 Å². The van der Waals surface area contributed by atoms with Crippen LogP contribution in [0.25, 0.3) is 0 Å². The average Bonchev–Trinajstić information content (AvgIpc) is 2.85. The fraction of sp³-hybridized carbons (Fsp3) is 0.435. The molecule has 0 aromatic heterocycles. The van der Waals surface area contributed by atoms with Gasteiger partial charge in [-0.25, -0.2) is 26.4 Å². The maximum atomic E-state index is 12.9. The Morgan fingerprint density at radius 3 is 2.09 bits per heavy atom. The number of likely N-dealkylation sites (tertiary alicyclic amines) is 1. The second-order valence-corrected chi connectivity index (χ2v) is 11.8. The van der Waals surface area contributed by atoms with Gasteiger partial charge in [-0.05, 0) is 75.1 Å². The van der Waals surface area contributed by atoms with E-state index >= 15 is 0 Å². The number of hydrogen-bond donors (Lipinski definition) is 3. The summed E-state index contributed by atoms with van der Waals surface area (Å²) in [5, 5.41) is 9.03. The first-order valence-corrected chi connectivity index (χ1v) is 14.5. The molecule has 2 aromatic rings. The van der Waals surface area contributed by atoms with Crippen molar-refractivity contribution in [3.8, 4) is 0 Å². The molecule has 0 unspecified atom stereocenters. The Morgan fingerprint density at radius 1 is 0.971 bits per heavy atom. The number of nitrogens with zero attached hydrogens (tertiary/aromatic N) is 2. The third-order valence-corrected chi connectivity index (χ3v) is 8.92. The molecule has 0 atom stereocenters. The molecule has 1 heterocycles. The predicted octanol–water partition coefficient (Wildman–Crippen LogP) is 3.00. The van der Waals surface area contributed by atoms with Crippen LogP contribution in [0.15, 0.2) is 58.3 Å². The van der Waals surface area contributed by atoms with Crippen molar-refractivity contribution >= 4 is 37.5 Å². The molecular formula is C23H32N4O6S2. The van der Waals surface area contributed by atoms with Crippen LogP contribution in [0.3, 0.4) is 0 Å². The highest BCUT2D eigenvalue weighted by molar-refractivity contribution is 7.93. The van der Waals surface area contributed by atoms with E-state index in [1.165, 1.54) is 23.1 Å². The highest BCUT2D eigenvalue weighted by Gasteiger charge is 2.25. The maximum absolute atomic E-state index is 12.9. The smallest absolute Gasteiger partial charge is 0.407 e. The number of rotatable bonds is 10. The number of hydrogen-bond acceptors (Lipinski definition) is 6. The summed E-state index contributed by atoms with van der Waals surface area (Å²) in [7, 11) is -7.95.